The number of methoxy groups -OCH3 is 2. The Hall–Kier alpha value is -3.38. The zero-order chi connectivity index (χ0) is 29.6. The first-order valence-electron chi connectivity index (χ1n) is 12.6. The number of hydrogen-bond acceptors (Lipinski definition) is 9. The van der Waals surface area contributed by atoms with Crippen LogP contribution >= 0.6 is 0 Å². The topological polar surface area (TPSA) is 142 Å². The quantitative estimate of drug-likeness (QED) is 0.214. The maximum atomic E-state index is 13.6. The molecule has 12 heteroatoms. The minimum atomic E-state index is -1.17. The van der Waals surface area contributed by atoms with Crippen molar-refractivity contribution in [2.45, 2.75) is 78.1 Å². The average Bonchev–Trinajstić information content (AvgIpc) is 2.82. The molecule has 0 spiro atoms. The van der Waals surface area contributed by atoms with Crippen LogP contribution in [0, 0.1) is 0 Å². The summed E-state index contributed by atoms with van der Waals surface area (Å²) >= 11 is 0. The number of hydrogen-bond donors (Lipinski definition) is 2. The van der Waals surface area contributed by atoms with Crippen LogP contribution in [0.2, 0.25) is 0 Å². The van der Waals surface area contributed by atoms with Gasteiger partial charge in [-0.15, -0.1) is 0 Å². The molecule has 0 aliphatic carbocycles. The van der Waals surface area contributed by atoms with E-state index in [9.17, 15) is 19.2 Å². The highest BCUT2D eigenvalue weighted by atomic mass is 16.7. The molecule has 12 nitrogen and oxygen atoms in total. The standard InChI is InChI=1S/C27H43N3O9/c1-26(2,3)38-21(31)16-30(17-22(35-7)36-8)23(32)20(14-15-28-24(33)39-27(4,5)6)29-25(34)37-18-19-12-10-9-11-13-19/h9-13,20,22H,14-18H2,1-8H3,(H,28,33)(H,29,34)/t20-/m0/s1. The molecule has 0 bridgehead atoms. The van der Waals surface area contributed by atoms with Gasteiger partial charge in [-0.25, -0.2) is 9.59 Å². The Morgan fingerprint density at radius 3 is 2.00 bits per heavy atom. The van der Waals surface area contributed by atoms with Gasteiger partial charge in [0.05, 0.1) is 6.54 Å². The molecular formula is C27H43N3O9. The maximum Gasteiger partial charge on any atom is 0.408 e. The molecular weight excluding hydrogens is 510 g/mol. The molecule has 220 valence electrons. The third kappa shape index (κ3) is 15.0. The number of nitrogens with one attached hydrogen (secondary N) is 2. The van der Waals surface area contributed by atoms with E-state index in [1.807, 2.05) is 18.2 Å². The van der Waals surface area contributed by atoms with Gasteiger partial charge in [-0.05, 0) is 53.5 Å². The zero-order valence-electron chi connectivity index (χ0n) is 24.2. The summed E-state index contributed by atoms with van der Waals surface area (Å²) in [5.74, 6) is -1.28. The summed E-state index contributed by atoms with van der Waals surface area (Å²) in [5, 5.41) is 5.11. The van der Waals surface area contributed by atoms with Gasteiger partial charge in [0, 0.05) is 20.8 Å². The molecule has 1 atom stereocenters. The van der Waals surface area contributed by atoms with Gasteiger partial charge in [0.25, 0.3) is 0 Å². The second kappa shape index (κ2) is 15.9. The van der Waals surface area contributed by atoms with Gasteiger partial charge in [-0.1, -0.05) is 30.3 Å². The number of benzene rings is 1. The zero-order valence-corrected chi connectivity index (χ0v) is 24.2. The lowest BCUT2D eigenvalue weighted by atomic mass is 10.1. The molecule has 1 aromatic carbocycles. The van der Waals surface area contributed by atoms with Crippen molar-refractivity contribution in [1.82, 2.24) is 15.5 Å². The van der Waals surface area contributed by atoms with E-state index >= 15 is 0 Å². The molecule has 0 aliphatic rings. The number of carbonyl (C=O) groups is 4. The minimum absolute atomic E-state index is 0.0114. The fourth-order valence-electron chi connectivity index (χ4n) is 3.20. The Bertz CT molecular complexity index is 923. The fraction of sp³-hybridized carbons (Fsp3) is 0.630. The predicted octanol–water partition coefficient (Wildman–Crippen LogP) is 2.99. The SMILES string of the molecule is COC(CN(CC(=O)OC(C)(C)C)C(=O)[C@H](CCNC(=O)OC(C)(C)C)NC(=O)OCc1ccccc1)OC. The number of carbonyl (C=O) groups excluding carboxylic acids is 4. The number of rotatable bonds is 13. The van der Waals surface area contributed by atoms with E-state index in [0.717, 1.165) is 5.56 Å². The number of esters is 1. The van der Waals surface area contributed by atoms with E-state index in [2.05, 4.69) is 10.6 Å². The molecule has 0 fully saturated rings. The number of nitrogens with zero attached hydrogens (tertiary/aromatic N) is 1. The minimum Gasteiger partial charge on any atom is -0.459 e. The van der Waals surface area contributed by atoms with Crippen molar-refractivity contribution in [3.8, 4) is 0 Å². The molecule has 39 heavy (non-hydrogen) atoms. The summed E-state index contributed by atoms with van der Waals surface area (Å²) in [6.07, 6.45) is -2.39. The molecule has 0 aliphatic heterocycles. The van der Waals surface area contributed by atoms with E-state index in [1.165, 1.54) is 19.1 Å². The van der Waals surface area contributed by atoms with Crippen LogP contribution in [0.3, 0.4) is 0 Å². The van der Waals surface area contributed by atoms with Gasteiger partial charge in [0.2, 0.25) is 5.91 Å². The van der Waals surface area contributed by atoms with E-state index < -0.39 is 54.1 Å². The van der Waals surface area contributed by atoms with Crippen molar-refractivity contribution in [1.29, 1.82) is 0 Å². The third-order valence-corrected chi connectivity index (χ3v) is 4.85. The van der Waals surface area contributed by atoms with Crippen LogP contribution in [0.1, 0.15) is 53.5 Å². The molecule has 3 amide bonds. The van der Waals surface area contributed by atoms with Crippen molar-refractivity contribution in [3.05, 3.63) is 35.9 Å². The van der Waals surface area contributed by atoms with Gasteiger partial charge >= 0.3 is 18.2 Å². The highest BCUT2D eigenvalue weighted by Gasteiger charge is 2.31. The van der Waals surface area contributed by atoms with Gasteiger partial charge < -0.3 is 39.2 Å². The lowest BCUT2D eigenvalue weighted by Crippen LogP contribution is -2.53. The average molecular weight is 554 g/mol. The van der Waals surface area contributed by atoms with E-state index in [4.69, 9.17) is 23.7 Å². The summed E-state index contributed by atoms with van der Waals surface area (Å²) < 4.78 is 26.3. The first kappa shape index (κ1) is 33.6. The summed E-state index contributed by atoms with van der Waals surface area (Å²) in [6.45, 7) is 9.72. The van der Waals surface area contributed by atoms with Gasteiger partial charge in [-0.3, -0.25) is 9.59 Å². The van der Waals surface area contributed by atoms with Gasteiger partial charge in [0.15, 0.2) is 6.29 Å². The van der Waals surface area contributed by atoms with Crippen LogP contribution < -0.4 is 10.6 Å². The molecule has 0 saturated carbocycles. The molecule has 0 aromatic heterocycles. The Morgan fingerprint density at radius 1 is 0.872 bits per heavy atom. The molecule has 0 saturated heterocycles. The first-order chi connectivity index (χ1) is 18.1. The molecule has 1 rings (SSSR count). The monoisotopic (exact) mass is 553 g/mol. The van der Waals surface area contributed by atoms with Crippen LogP contribution in [-0.2, 0) is 39.9 Å². The molecule has 1 aromatic rings. The summed E-state index contributed by atoms with van der Waals surface area (Å²) in [7, 11) is 2.79. The summed E-state index contributed by atoms with van der Waals surface area (Å²) in [4.78, 5) is 52.1. The molecule has 0 radical (unpaired) electrons. The van der Waals surface area contributed by atoms with Crippen molar-refractivity contribution in [3.63, 3.8) is 0 Å². The van der Waals surface area contributed by atoms with Crippen LogP contribution in [-0.4, -0.2) is 86.4 Å². The normalized spacial score (nSPS) is 12.3. The number of amides is 3. The van der Waals surface area contributed by atoms with Crippen molar-refractivity contribution < 1.29 is 42.9 Å². The highest BCUT2D eigenvalue weighted by molar-refractivity contribution is 5.88. The largest absolute Gasteiger partial charge is 0.459 e. The van der Waals surface area contributed by atoms with E-state index in [-0.39, 0.29) is 26.1 Å². The van der Waals surface area contributed by atoms with Crippen LogP contribution in [0.25, 0.3) is 0 Å². The van der Waals surface area contributed by atoms with Crippen molar-refractivity contribution >= 4 is 24.1 Å². The van der Waals surface area contributed by atoms with E-state index in [0.29, 0.717) is 0 Å². The molecule has 0 unspecified atom stereocenters. The molecule has 0 heterocycles. The number of alkyl carbamates (subject to hydrolysis) is 2. The Kier molecular flexibility index (Phi) is 13.7. The van der Waals surface area contributed by atoms with E-state index in [1.54, 1.807) is 53.7 Å². The fourth-order valence-corrected chi connectivity index (χ4v) is 3.20. The maximum absolute atomic E-state index is 13.6. The highest BCUT2D eigenvalue weighted by Crippen LogP contribution is 2.11. The predicted molar refractivity (Wildman–Crippen MR) is 143 cm³/mol. The molecule has 2 N–H and O–H groups in total. The second-order valence-corrected chi connectivity index (χ2v) is 10.7. The van der Waals surface area contributed by atoms with Crippen molar-refractivity contribution in [2.75, 3.05) is 33.9 Å². The smallest absolute Gasteiger partial charge is 0.408 e. The lowest BCUT2D eigenvalue weighted by Gasteiger charge is -2.30. The van der Waals surface area contributed by atoms with Crippen molar-refractivity contribution in [2.24, 2.45) is 0 Å². The van der Waals surface area contributed by atoms with Crippen LogP contribution in [0.4, 0.5) is 9.59 Å². The Balaban J connectivity index is 3.06. The summed E-state index contributed by atoms with van der Waals surface area (Å²) in [6, 6.07) is 7.86. The lowest BCUT2D eigenvalue weighted by molar-refractivity contribution is -0.164. The summed E-state index contributed by atoms with van der Waals surface area (Å²) in [5.41, 5.74) is -0.723. The number of ether oxygens (including phenoxy) is 5. The van der Waals surface area contributed by atoms with Gasteiger partial charge in [-0.2, -0.15) is 0 Å². The Labute approximate surface area is 230 Å². The Morgan fingerprint density at radius 2 is 1.46 bits per heavy atom. The second-order valence-electron chi connectivity index (χ2n) is 10.7. The third-order valence-electron chi connectivity index (χ3n) is 4.85. The first-order valence-corrected chi connectivity index (χ1v) is 12.6. The van der Waals surface area contributed by atoms with Crippen LogP contribution in [0.5, 0.6) is 0 Å². The van der Waals surface area contributed by atoms with Gasteiger partial charge in [0.1, 0.15) is 30.4 Å². The van der Waals surface area contributed by atoms with Crippen LogP contribution in [0.15, 0.2) is 30.3 Å².